The Balaban J connectivity index is 1.33. The number of nitrogens with zero attached hydrogens (tertiary/aromatic N) is 4. The summed E-state index contributed by atoms with van der Waals surface area (Å²) in [5, 5.41) is 22.7. The number of fused-ring (bicyclic) bond motifs is 3. The third kappa shape index (κ3) is 3.74. The van der Waals surface area contributed by atoms with Gasteiger partial charge in [-0.2, -0.15) is 0 Å². The van der Waals surface area contributed by atoms with E-state index in [9.17, 15) is 5.11 Å². The van der Waals surface area contributed by atoms with Crippen LogP contribution in [0, 0.1) is 0 Å². The van der Waals surface area contributed by atoms with E-state index in [-0.39, 0.29) is 0 Å². The number of ether oxygens (including phenoxy) is 1. The molecule has 0 radical (unpaired) electrons. The minimum absolute atomic E-state index is 0.518. The van der Waals surface area contributed by atoms with Crippen LogP contribution in [0.2, 0.25) is 0 Å². The largest absolute Gasteiger partial charge is 0.497 e. The van der Waals surface area contributed by atoms with Gasteiger partial charge in [-0.15, -0.1) is 10.2 Å². The molecule has 7 heteroatoms. The molecule has 0 aliphatic rings. The highest BCUT2D eigenvalue weighted by Crippen LogP contribution is 2.30. The molecule has 32 heavy (non-hydrogen) atoms. The fraction of sp³-hybridized carbons (Fsp3) is 0.200. The Bertz CT molecular complexity index is 1320. The molecule has 0 aliphatic carbocycles. The second-order valence-electron chi connectivity index (χ2n) is 7.70. The predicted octanol–water partition coefficient (Wildman–Crippen LogP) is 4.75. The summed E-state index contributed by atoms with van der Waals surface area (Å²) in [6, 6.07) is 24.4. The first-order valence-corrected chi connectivity index (χ1v) is 11.4. The van der Waals surface area contributed by atoms with Crippen molar-refractivity contribution in [3.05, 3.63) is 72.8 Å². The van der Waals surface area contributed by atoms with E-state index in [1.165, 1.54) is 22.5 Å². The van der Waals surface area contributed by atoms with Gasteiger partial charge in [-0.3, -0.25) is 0 Å². The van der Waals surface area contributed by atoms with Crippen molar-refractivity contribution >= 4 is 33.6 Å². The van der Waals surface area contributed by atoms with Gasteiger partial charge >= 0.3 is 0 Å². The first kappa shape index (κ1) is 20.6. The van der Waals surface area contributed by atoms with Crippen molar-refractivity contribution in [3.8, 4) is 17.1 Å². The maximum atomic E-state index is 10.9. The normalized spacial score (nSPS) is 12.5. The average molecular weight is 445 g/mol. The van der Waals surface area contributed by atoms with Gasteiger partial charge in [-0.05, 0) is 36.4 Å². The molecule has 1 N–H and O–H groups in total. The number of methoxy groups -OCH3 is 1. The molecular formula is C25H24N4O2S. The molecule has 6 nitrogen and oxygen atoms in total. The van der Waals surface area contributed by atoms with Crippen molar-refractivity contribution < 1.29 is 9.84 Å². The van der Waals surface area contributed by atoms with E-state index in [2.05, 4.69) is 51.2 Å². The molecule has 1 atom stereocenters. The minimum Gasteiger partial charge on any atom is -0.497 e. The standard InChI is InChI=1S/C25H24N4O2S/c1-28-24(17-11-13-19(31-2)14-12-17)26-27-25(28)32-16-18(30)15-29-22-9-5-3-7-20(22)21-8-4-6-10-23(21)29/h3-14,18,30H,15-16H2,1-2H3. The smallest absolute Gasteiger partial charge is 0.191 e. The quantitative estimate of drug-likeness (QED) is 0.367. The summed E-state index contributed by atoms with van der Waals surface area (Å²) in [5.74, 6) is 2.11. The molecule has 2 heterocycles. The number of hydrogen-bond acceptors (Lipinski definition) is 5. The van der Waals surface area contributed by atoms with Crippen molar-refractivity contribution in [2.45, 2.75) is 17.8 Å². The van der Waals surface area contributed by atoms with E-state index in [1.54, 1.807) is 7.11 Å². The fourth-order valence-corrected chi connectivity index (χ4v) is 4.89. The fourth-order valence-electron chi connectivity index (χ4n) is 4.07. The zero-order valence-corrected chi connectivity index (χ0v) is 18.8. The zero-order valence-electron chi connectivity index (χ0n) is 18.0. The van der Waals surface area contributed by atoms with Gasteiger partial charge in [-0.25, -0.2) is 0 Å². The van der Waals surface area contributed by atoms with Crippen LogP contribution in [-0.2, 0) is 13.6 Å². The van der Waals surface area contributed by atoms with E-state index in [4.69, 9.17) is 4.74 Å². The van der Waals surface area contributed by atoms with Gasteiger partial charge in [0.05, 0.1) is 19.8 Å². The average Bonchev–Trinajstić information content (AvgIpc) is 3.36. The van der Waals surface area contributed by atoms with Gasteiger partial charge in [0, 0.05) is 40.2 Å². The first-order chi connectivity index (χ1) is 15.7. The highest BCUT2D eigenvalue weighted by molar-refractivity contribution is 7.99. The topological polar surface area (TPSA) is 65.1 Å². The van der Waals surface area contributed by atoms with Crippen molar-refractivity contribution in [2.24, 2.45) is 7.05 Å². The van der Waals surface area contributed by atoms with Crippen molar-refractivity contribution in [1.29, 1.82) is 0 Å². The Hall–Kier alpha value is -3.29. The third-order valence-corrected chi connectivity index (χ3v) is 6.83. The van der Waals surface area contributed by atoms with Crippen LogP contribution >= 0.6 is 11.8 Å². The van der Waals surface area contributed by atoms with Crippen LogP contribution in [-0.4, -0.2) is 43.4 Å². The monoisotopic (exact) mass is 444 g/mol. The second kappa shape index (κ2) is 8.68. The molecule has 3 aromatic carbocycles. The van der Waals surface area contributed by atoms with Crippen LogP contribution in [0.5, 0.6) is 5.75 Å². The summed E-state index contributed by atoms with van der Waals surface area (Å²) in [7, 11) is 3.60. The second-order valence-corrected chi connectivity index (χ2v) is 8.69. The van der Waals surface area contributed by atoms with Gasteiger partial charge in [-0.1, -0.05) is 48.2 Å². The van der Waals surface area contributed by atoms with E-state index < -0.39 is 6.10 Å². The molecule has 162 valence electrons. The zero-order chi connectivity index (χ0) is 22.1. The summed E-state index contributed by atoms with van der Waals surface area (Å²) < 4.78 is 9.39. The Morgan fingerprint density at radius 1 is 0.906 bits per heavy atom. The lowest BCUT2D eigenvalue weighted by Crippen LogP contribution is -2.18. The summed E-state index contributed by atoms with van der Waals surface area (Å²) >= 11 is 1.51. The lowest BCUT2D eigenvalue weighted by Gasteiger charge is -2.13. The molecular weight excluding hydrogens is 420 g/mol. The number of aliphatic hydroxyl groups is 1. The Kier molecular flexibility index (Phi) is 5.59. The van der Waals surface area contributed by atoms with Gasteiger partial charge in [0.15, 0.2) is 11.0 Å². The van der Waals surface area contributed by atoms with Crippen molar-refractivity contribution in [2.75, 3.05) is 12.9 Å². The molecule has 5 aromatic rings. The van der Waals surface area contributed by atoms with E-state index in [0.29, 0.717) is 12.3 Å². The first-order valence-electron chi connectivity index (χ1n) is 10.5. The molecule has 0 amide bonds. The maximum absolute atomic E-state index is 10.9. The minimum atomic E-state index is -0.527. The van der Waals surface area contributed by atoms with Crippen LogP contribution in [0.25, 0.3) is 33.2 Å². The Labute approximate surface area is 190 Å². The molecule has 0 fully saturated rings. The summed E-state index contributed by atoms with van der Waals surface area (Å²) in [6.07, 6.45) is -0.527. The molecule has 2 aromatic heterocycles. The molecule has 5 rings (SSSR count). The molecule has 0 saturated heterocycles. The number of aliphatic hydroxyl groups excluding tert-OH is 1. The van der Waals surface area contributed by atoms with Gasteiger partial charge in [0.25, 0.3) is 0 Å². The van der Waals surface area contributed by atoms with Crippen molar-refractivity contribution in [1.82, 2.24) is 19.3 Å². The third-order valence-electron chi connectivity index (χ3n) is 5.66. The Morgan fingerprint density at radius 3 is 2.16 bits per heavy atom. The van der Waals surface area contributed by atoms with Crippen molar-refractivity contribution in [3.63, 3.8) is 0 Å². The highest BCUT2D eigenvalue weighted by Gasteiger charge is 2.16. The molecule has 0 aliphatic heterocycles. The number of hydrogen-bond donors (Lipinski definition) is 1. The molecule has 0 saturated carbocycles. The van der Waals surface area contributed by atoms with Crippen LogP contribution in [0.4, 0.5) is 0 Å². The van der Waals surface area contributed by atoms with Gasteiger partial charge in [0.1, 0.15) is 5.75 Å². The van der Waals surface area contributed by atoms with Crippen LogP contribution in [0.3, 0.4) is 0 Å². The Morgan fingerprint density at radius 2 is 1.53 bits per heavy atom. The van der Waals surface area contributed by atoms with E-state index in [1.807, 2.05) is 48.0 Å². The number of thioether (sulfide) groups is 1. The van der Waals surface area contributed by atoms with Crippen LogP contribution < -0.4 is 4.74 Å². The summed E-state index contributed by atoms with van der Waals surface area (Å²) in [4.78, 5) is 0. The van der Waals surface area contributed by atoms with Gasteiger partial charge in [0.2, 0.25) is 0 Å². The van der Waals surface area contributed by atoms with Crippen LogP contribution in [0.15, 0.2) is 78.0 Å². The number of rotatable bonds is 7. The summed E-state index contributed by atoms with van der Waals surface area (Å²) in [5.41, 5.74) is 3.25. The molecule has 1 unspecified atom stereocenters. The SMILES string of the molecule is COc1ccc(-c2nnc(SCC(O)Cn3c4ccccc4c4ccccc43)n2C)cc1. The summed E-state index contributed by atoms with van der Waals surface area (Å²) in [6.45, 7) is 0.518. The lowest BCUT2D eigenvalue weighted by atomic mass is 10.2. The van der Waals surface area contributed by atoms with Crippen LogP contribution in [0.1, 0.15) is 0 Å². The lowest BCUT2D eigenvalue weighted by molar-refractivity contribution is 0.181. The molecule has 0 spiro atoms. The van der Waals surface area contributed by atoms with E-state index in [0.717, 1.165) is 33.3 Å². The predicted molar refractivity (Wildman–Crippen MR) is 129 cm³/mol. The molecule has 0 bridgehead atoms. The number of benzene rings is 3. The highest BCUT2D eigenvalue weighted by atomic mass is 32.2. The van der Waals surface area contributed by atoms with E-state index >= 15 is 0 Å². The maximum Gasteiger partial charge on any atom is 0.191 e. The number of para-hydroxylation sites is 2. The van der Waals surface area contributed by atoms with Gasteiger partial charge < -0.3 is 19.0 Å². The number of aromatic nitrogens is 4.